The van der Waals surface area contributed by atoms with Gasteiger partial charge in [0.05, 0.1) is 6.10 Å². The van der Waals surface area contributed by atoms with Crippen molar-refractivity contribution in [2.75, 3.05) is 11.9 Å². The van der Waals surface area contributed by atoms with Gasteiger partial charge in [-0.2, -0.15) is 0 Å². The third-order valence-electron chi connectivity index (χ3n) is 3.39. The lowest BCUT2D eigenvalue weighted by Gasteiger charge is -2.29. The first-order valence-corrected chi connectivity index (χ1v) is 6.09. The van der Waals surface area contributed by atoms with Crippen molar-refractivity contribution < 1.29 is 9.50 Å². The maximum atomic E-state index is 13.5. The van der Waals surface area contributed by atoms with E-state index in [4.69, 9.17) is 0 Å². The van der Waals surface area contributed by atoms with Gasteiger partial charge in [0.1, 0.15) is 5.82 Å². The van der Waals surface area contributed by atoms with E-state index < -0.39 is 6.10 Å². The SMILES string of the molecule is CCC(C)N(C)c1cc(C)c(F)cc1[C@@H](C)O. The number of aryl methyl sites for hydroxylation is 1. The molecule has 0 amide bonds. The molecular formula is C14H22FNO. The third kappa shape index (κ3) is 2.97. The van der Waals surface area contributed by atoms with Crippen LogP contribution >= 0.6 is 0 Å². The van der Waals surface area contributed by atoms with Crippen LogP contribution in [0, 0.1) is 12.7 Å². The summed E-state index contributed by atoms with van der Waals surface area (Å²) in [7, 11) is 1.98. The number of aliphatic hydroxyl groups is 1. The molecule has 0 radical (unpaired) electrons. The molecular weight excluding hydrogens is 217 g/mol. The molecule has 17 heavy (non-hydrogen) atoms. The predicted molar refractivity (Wildman–Crippen MR) is 69.9 cm³/mol. The second-order valence-electron chi connectivity index (χ2n) is 4.70. The summed E-state index contributed by atoms with van der Waals surface area (Å²) in [6.07, 6.45) is 0.346. The van der Waals surface area contributed by atoms with E-state index in [1.165, 1.54) is 6.07 Å². The number of benzene rings is 1. The van der Waals surface area contributed by atoms with Crippen molar-refractivity contribution in [3.05, 3.63) is 29.1 Å². The summed E-state index contributed by atoms with van der Waals surface area (Å²) >= 11 is 0. The summed E-state index contributed by atoms with van der Waals surface area (Å²) in [5.74, 6) is -0.262. The number of halogens is 1. The Balaban J connectivity index is 3.25. The number of aliphatic hydroxyl groups excluding tert-OH is 1. The molecule has 0 spiro atoms. The lowest BCUT2D eigenvalue weighted by Crippen LogP contribution is -2.29. The summed E-state index contributed by atoms with van der Waals surface area (Å²) < 4.78 is 13.5. The highest BCUT2D eigenvalue weighted by atomic mass is 19.1. The molecule has 0 saturated heterocycles. The molecule has 2 atom stereocenters. The Kier molecular flexibility index (Phi) is 4.52. The van der Waals surface area contributed by atoms with Crippen LogP contribution in [0.2, 0.25) is 0 Å². The Hall–Kier alpha value is -1.09. The van der Waals surface area contributed by atoms with Gasteiger partial charge in [0.15, 0.2) is 0 Å². The van der Waals surface area contributed by atoms with Crippen molar-refractivity contribution in [1.29, 1.82) is 0 Å². The van der Waals surface area contributed by atoms with Crippen LogP contribution < -0.4 is 4.90 Å². The van der Waals surface area contributed by atoms with E-state index in [9.17, 15) is 9.50 Å². The Labute approximate surface area is 103 Å². The fraction of sp³-hybridized carbons (Fsp3) is 0.571. The van der Waals surface area contributed by atoms with Gasteiger partial charge in [0, 0.05) is 24.3 Å². The molecule has 1 unspecified atom stereocenters. The Morgan fingerprint density at radius 1 is 1.35 bits per heavy atom. The average molecular weight is 239 g/mol. The molecule has 1 N–H and O–H groups in total. The first-order chi connectivity index (χ1) is 7.88. The van der Waals surface area contributed by atoms with Gasteiger partial charge < -0.3 is 10.0 Å². The van der Waals surface area contributed by atoms with Crippen LogP contribution in [0.15, 0.2) is 12.1 Å². The van der Waals surface area contributed by atoms with Crippen molar-refractivity contribution >= 4 is 5.69 Å². The van der Waals surface area contributed by atoms with Crippen LogP contribution in [0.1, 0.15) is 44.4 Å². The van der Waals surface area contributed by atoms with E-state index in [1.54, 1.807) is 13.8 Å². The van der Waals surface area contributed by atoms with Gasteiger partial charge in [-0.15, -0.1) is 0 Å². The summed E-state index contributed by atoms with van der Waals surface area (Å²) in [5, 5.41) is 9.73. The van der Waals surface area contributed by atoms with Crippen LogP contribution in [0.4, 0.5) is 10.1 Å². The van der Waals surface area contributed by atoms with Crippen molar-refractivity contribution in [1.82, 2.24) is 0 Å². The highest BCUT2D eigenvalue weighted by Crippen LogP contribution is 2.30. The average Bonchev–Trinajstić information content (AvgIpc) is 2.29. The molecule has 1 rings (SSSR count). The lowest BCUT2D eigenvalue weighted by atomic mass is 10.0. The zero-order valence-electron chi connectivity index (χ0n) is 11.3. The minimum absolute atomic E-state index is 0.262. The zero-order chi connectivity index (χ0) is 13.2. The fourth-order valence-corrected chi connectivity index (χ4v) is 1.83. The Bertz CT molecular complexity index is 390. The van der Waals surface area contributed by atoms with Crippen molar-refractivity contribution in [2.24, 2.45) is 0 Å². The number of anilines is 1. The molecule has 0 aliphatic heterocycles. The molecule has 3 heteroatoms. The molecule has 0 fully saturated rings. The molecule has 0 saturated carbocycles. The van der Waals surface area contributed by atoms with E-state index >= 15 is 0 Å². The molecule has 0 heterocycles. The van der Waals surface area contributed by atoms with Crippen LogP contribution in [-0.4, -0.2) is 18.2 Å². The van der Waals surface area contributed by atoms with Crippen LogP contribution in [0.25, 0.3) is 0 Å². The topological polar surface area (TPSA) is 23.5 Å². The summed E-state index contributed by atoms with van der Waals surface area (Å²) in [6, 6.07) is 3.61. The fourth-order valence-electron chi connectivity index (χ4n) is 1.83. The first kappa shape index (κ1) is 14.0. The lowest BCUT2D eigenvalue weighted by molar-refractivity contribution is 0.199. The van der Waals surface area contributed by atoms with Gasteiger partial charge >= 0.3 is 0 Å². The normalized spacial score (nSPS) is 14.5. The largest absolute Gasteiger partial charge is 0.389 e. The Morgan fingerprint density at radius 2 is 1.94 bits per heavy atom. The van der Waals surface area contributed by atoms with Crippen LogP contribution in [-0.2, 0) is 0 Å². The van der Waals surface area contributed by atoms with Gasteiger partial charge in [-0.25, -0.2) is 4.39 Å². The Morgan fingerprint density at radius 3 is 2.41 bits per heavy atom. The second-order valence-corrected chi connectivity index (χ2v) is 4.70. The van der Waals surface area contributed by atoms with Crippen LogP contribution in [0.5, 0.6) is 0 Å². The number of rotatable bonds is 4. The summed E-state index contributed by atoms with van der Waals surface area (Å²) in [4.78, 5) is 2.09. The minimum Gasteiger partial charge on any atom is -0.389 e. The summed E-state index contributed by atoms with van der Waals surface area (Å²) in [5.41, 5.74) is 2.17. The van der Waals surface area contributed by atoms with E-state index in [0.717, 1.165) is 12.1 Å². The summed E-state index contributed by atoms with van der Waals surface area (Å²) in [6.45, 7) is 7.64. The predicted octanol–water partition coefficient (Wildman–Crippen LogP) is 3.42. The first-order valence-electron chi connectivity index (χ1n) is 6.09. The molecule has 1 aromatic rings. The van der Waals surface area contributed by atoms with Crippen LogP contribution in [0.3, 0.4) is 0 Å². The molecule has 1 aromatic carbocycles. The van der Waals surface area contributed by atoms with Crippen molar-refractivity contribution in [3.8, 4) is 0 Å². The van der Waals surface area contributed by atoms with E-state index in [1.807, 2.05) is 13.1 Å². The van der Waals surface area contributed by atoms with Gasteiger partial charge in [0.25, 0.3) is 0 Å². The molecule has 0 aromatic heterocycles. The van der Waals surface area contributed by atoms with Gasteiger partial charge in [-0.05, 0) is 44.9 Å². The van der Waals surface area contributed by atoms with Crippen molar-refractivity contribution in [2.45, 2.75) is 46.3 Å². The molecule has 2 nitrogen and oxygen atoms in total. The van der Waals surface area contributed by atoms with Gasteiger partial charge in [-0.3, -0.25) is 0 Å². The highest BCUT2D eigenvalue weighted by Gasteiger charge is 2.17. The molecule has 0 aliphatic rings. The van der Waals surface area contributed by atoms with E-state index in [2.05, 4.69) is 18.7 Å². The number of hydrogen-bond acceptors (Lipinski definition) is 2. The van der Waals surface area contributed by atoms with Gasteiger partial charge in [0.2, 0.25) is 0 Å². The monoisotopic (exact) mass is 239 g/mol. The standard InChI is InChI=1S/C14H22FNO/c1-6-10(3)16(5)14-7-9(2)13(15)8-12(14)11(4)17/h7-8,10-11,17H,6H2,1-5H3/t10?,11-/m1/s1. The molecule has 0 bridgehead atoms. The van der Waals surface area contributed by atoms with E-state index in [0.29, 0.717) is 17.2 Å². The second kappa shape index (κ2) is 5.50. The smallest absolute Gasteiger partial charge is 0.126 e. The highest BCUT2D eigenvalue weighted by molar-refractivity contribution is 5.56. The zero-order valence-corrected chi connectivity index (χ0v) is 11.3. The quantitative estimate of drug-likeness (QED) is 0.870. The van der Waals surface area contributed by atoms with Gasteiger partial charge in [-0.1, -0.05) is 6.92 Å². The molecule has 96 valence electrons. The number of hydrogen-bond donors (Lipinski definition) is 1. The number of nitrogens with zero attached hydrogens (tertiary/aromatic N) is 1. The van der Waals surface area contributed by atoms with E-state index in [-0.39, 0.29) is 5.82 Å². The minimum atomic E-state index is -0.661. The maximum Gasteiger partial charge on any atom is 0.126 e. The molecule has 0 aliphatic carbocycles. The maximum absolute atomic E-state index is 13.5. The van der Waals surface area contributed by atoms with Crippen molar-refractivity contribution in [3.63, 3.8) is 0 Å². The third-order valence-corrected chi connectivity index (χ3v) is 3.39.